The number of carbonyl (C=O) groups is 1. The summed E-state index contributed by atoms with van der Waals surface area (Å²) >= 11 is 0. The molecular formula is C19H36BClN2O3. The largest absolute Gasteiger partial charge is 0.481 e. The zero-order valence-electron chi connectivity index (χ0n) is 17.3. The lowest BCUT2D eigenvalue weighted by molar-refractivity contribution is -0.199. The van der Waals surface area contributed by atoms with Crippen molar-refractivity contribution in [1.82, 2.24) is 5.32 Å². The molecule has 5 nitrogen and oxygen atoms in total. The van der Waals surface area contributed by atoms with E-state index >= 15 is 0 Å². The Labute approximate surface area is 165 Å². The first-order chi connectivity index (χ1) is 11.4. The van der Waals surface area contributed by atoms with Gasteiger partial charge < -0.3 is 20.4 Å². The van der Waals surface area contributed by atoms with Gasteiger partial charge in [0, 0.05) is 0 Å². The highest BCUT2D eigenvalue weighted by atomic mass is 35.5. The van der Waals surface area contributed by atoms with Crippen LogP contribution in [0.5, 0.6) is 0 Å². The van der Waals surface area contributed by atoms with E-state index in [-0.39, 0.29) is 43.1 Å². The number of amides is 1. The number of hydrogen-bond donors (Lipinski definition) is 2. The molecule has 5 atom stereocenters. The lowest BCUT2D eigenvalue weighted by atomic mass is 9.43. The van der Waals surface area contributed by atoms with Gasteiger partial charge in [0.1, 0.15) is 0 Å². The maximum Gasteiger partial charge on any atom is 0.481 e. The van der Waals surface area contributed by atoms with E-state index in [1.54, 1.807) is 13.8 Å². The van der Waals surface area contributed by atoms with Gasteiger partial charge in [-0.3, -0.25) is 4.79 Å². The molecule has 7 heteroatoms. The maximum absolute atomic E-state index is 12.4. The Bertz CT molecular complexity index is 551. The summed E-state index contributed by atoms with van der Waals surface area (Å²) in [6, 6.07) is 0. The van der Waals surface area contributed by atoms with Gasteiger partial charge in [0.25, 0.3) is 0 Å². The van der Waals surface area contributed by atoms with Gasteiger partial charge in [-0.15, -0.1) is 12.4 Å². The molecule has 3 saturated carbocycles. The molecule has 0 aromatic rings. The number of nitrogens with two attached hydrogens (primary N) is 1. The predicted octanol–water partition coefficient (Wildman–Crippen LogP) is 2.94. The Morgan fingerprint density at radius 1 is 1.31 bits per heavy atom. The third kappa shape index (κ3) is 3.55. The van der Waals surface area contributed by atoms with Crippen molar-refractivity contribution in [2.45, 2.75) is 90.9 Å². The molecule has 150 valence electrons. The molecule has 1 amide bonds. The van der Waals surface area contributed by atoms with Gasteiger partial charge in [-0.2, -0.15) is 0 Å². The van der Waals surface area contributed by atoms with Gasteiger partial charge in [0.05, 0.1) is 23.2 Å². The normalized spacial score (nSPS) is 36.0. The van der Waals surface area contributed by atoms with E-state index in [1.807, 2.05) is 0 Å². The van der Waals surface area contributed by atoms with Crippen LogP contribution in [0.15, 0.2) is 0 Å². The Balaban J connectivity index is 0.00000243. The van der Waals surface area contributed by atoms with Crippen molar-refractivity contribution in [3.63, 3.8) is 0 Å². The van der Waals surface area contributed by atoms with Crippen molar-refractivity contribution >= 4 is 25.4 Å². The summed E-state index contributed by atoms with van der Waals surface area (Å²) in [7, 11) is -0.390. The molecule has 0 radical (unpaired) electrons. The summed E-state index contributed by atoms with van der Waals surface area (Å²) in [5.74, 6) is 1.35. The smallest absolute Gasteiger partial charge is 0.404 e. The van der Waals surface area contributed by atoms with Gasteiger partial charge in [-0.1, -0.05) is 27.7 Å². The molecule has 3 N–H and O–H groups in total. The molecule has 3 aliphatic carbocycles. The average Bonchev–Trinajstić information content (AvgIpc) is 2.81. The molecule has 4 rings (SSSR count). The molecular weight excluding hydrogens is 350 g/mol. The van der Waals surface area contributed by atoms with E-state index in [4.69, 9.17) is 15.0 Å². The van der Waals surface area contributed by atoms with Crippen LogP contribution in [-0.2, 0) is 14.1 Å². The number of nitrogens with one attached hydrogen (secondary N) is 1. The Morgan fingerprint density at radius 2 is 1.92 bits per heavy atom. The highest BCUT2D eigenvalue weighted by Crippen LogP contribution is 2.65. The van der Waals surface area contributed by atoms with E-state index in [2.05, 4.69) is 39.9 Å². The van der Waals surface area contributed by atoms with Gasteiger partial charge in [-0.05, 0) is 63.2 Å². The van der Waals surface area contributed by atoms with Gasteiger partial charge in [0.15, 0.2) is 0 Å². The van der Waals surface area contributed by atoms with Crippen LogP contribution in [0.3, 0.4) is 0 Å². The van der Waals surface area contributed by atoms with Crippen molar-refractivity contribution in [1.29, 1.82) is 0 Å². The summed E-state index contributed by atoms with van der Waals surface area (Å²) in [6.45, 7) is 14.7. The number of halogens is 1. The minimum absolute atomic E-state index is 0. The average molecular weight is 387 g/mol. The minimum Gasteiger partial charge on any atom is -0.404 e. The number of hydrogen-bond acceptors (Lipinski definition) is 4. The zero-order valence-corrected chi connectivity index (χ0v) is 18.1. The first-order valence-electron chi connectivity index (χ1n) is 9.78. The lowest BCUT2D eigenvalue weighted by Gasteiger charge is -2.64. The highest BCUT2D eigenvalue weighted by molar-refractivity contribution is 6.48. The summed E-state index contributed by atoms with van der Waals surface area (Å²) in [5.41, 5.74) is 5.13. The van der Waals surface area contributed by atoms with Gasteiger partial charge in [0.2, 0.25) is 5.91 Å². The molecule has 4 aliphatic rings. The molecule has 0 spiro atoms. The molecule has 1 saturated heterocycles. The predicted molar refractivity (Wildman–Crippen MR) is 107 cm³/mol. The van der Waals surface area contributed by atoms with E-state index in [9.17, 15) is 4.79 Å². The van der Waals surface area contributed by atoms with Gasteiger partial charge >= 0.3 is 7.12 Å². The summed E-state index contributed by atoms with van der Waals surface area (Å²) in [5, 5.41) is 3.09. The maximum atomic E-state index is 12.4. The highest BCUT2D eigenvalue weighted by Gasteiger charge is 2.68. The fourth-order valence-corrected chi connectivity index (χ4v) is 5.17. The monoisotopic (exact) mass is 386 g/mol. The first kappa shape index (κ1) is 22.0. The van der Waals surface area contributed by atoms with Crippen molar-refractivity contribution in [2.75, 3.05) is 0 Å². The third-order valence-electron chi connectivity index (χ3n) is 6.92. The first-order valence-corrected chi connectivity index (χ1v) is 9.78. The van der Waals surface area contributed by atoms with Crippen LogP contribution in [-0.4, -0.2) is 36.2 Å². The van der Waals surface area contributed by atoms with Crippen molar-refractivity contribution in [3.05, 3.63) is 0 Å². The van der Waals surface area contributed by atoms with Crippen LogP contribution in [0.1, 0.15) is 67.7 Å². The quantitative estimate of drug-likeness (QED) is 0.712. The summed E-state index contributed by atoms with van der Waals surface area (Å²) in [4.78, 5) is 12.4. The van der Waals surface area contributed by atoms with E-state index in [0.717, 1.165) is 18.8 Å². The van der Waals surface area contributed by atoms with E-state index in [1.165, 1.54) is 6.42 Å². The minimum atomic E-state index is -0.909. The molecule has 0 aromatic heterocycles. The molecule has 2 bridgehead atoms. The molecule has 1 heterocycles. The molecule has 1 unspecified atom stereocenters. The molecule has 26 heavy (non-hydrogen) atoms. The summed E-state index contributed by atoms with van der Waals surface area (Å²) < 4.78 is 12.9. The van der Waals surface area contributed by atoms with E-state index in [0.29, 0.717) is 17.3 Å². The fourth-order valence-electron chi connectivity index (χ4n) is 5.17. The Kier molecular flexibility index (Phi) is 5.88. The van der Waals surface area contributed by atoms with Crippen LogP contribution >= 0.6 is 12.4 Å². The van der Waals surface area contributed by atoms with Crippen LogP contribution in [0.25, 0.3) is 0 Å². The van der Waals surface area contributed by atoms with Crippen LogP contribution in [0.4, 0.5) is 0 Å². The van der Waals surface area contributed by atoms with Crippen molar-refractivity contribution in [2.24, 2.45) is 28.9 Å². The second kappa shape index (κ2) is 6.95. The van der Waals surface area contributed by atoms with E-state index < -0.39 is 5.54 Å². The van der Waals surface area contributed by atoms with Crippen molar-refractivity contribution in [3.8, 4) is 0 Å². The van der Waals surface area contributed by atoms with Crippen molar-refractivity contribution < 1.29 is 14.1 Å². The zero-order chi connectivity index (χ0) is 18.8. The Hall–Kier alpha value is -0.295. The molecule has 4 fully saturated rings. The SMILES string of the molecule is CC(C)C[C@H](NC(=O)C(C)(C)N)B1O[C@@H]2CC3C[C@@H](C3(C)C)[C@]2(C)O1.Cl. The standard InChI is InChI=1S/C19H35BN2O3.ClH/c1-11(2)8-15(22-16(23)18(5,6)21)20-24-14-10-12-9-13(17(12,3)4)19(14,7)25-20;/h11-15H,8-10,21H2,1-7H3,(H,22,23);1H/t12?,13-,14+,15-,19-;/m0./s1. The van der Waals surface area contributed by atoms with Crippen LogP contribution < -0.4 is 11.1 Å². The molecule has 1 aliphatic heterocycles. The number of rotatable bonds is 5. The topological polar surface area (TPSA) is 73.6 Å². The molecule has 0 aromatic carbocycles. The number of carbonyl (C=O) groups excluding carboxylic acids is 1. The summed E-state index contributed by atoms with van der Waals surface area (Å²) in [6.07, 6.45) is 3.23. The van der Waals surface area contributed by atoms with Crippen LogP contribution in [0, 0.1) is 23.2 Å². The Morgan fingerprint density at radius 3 is 2.42 bits per heavy atom. The van der Waals surface area contributed by atoms with Crippen LogP contribution in [0.2, 0.25) is 0 Å². The second-order valence-electron chi connectivity index (χ2n) is 10.3. The second-order valence-corrected chi connectivity index (χ2v) is 10.3. The lowest BCUT2D eigenvalue weighted by Crippen LogP contribution is -2.65. The third-order valence-corrected chi connectivity index (χ3v) is 6.92. The fraction of sp³-hybridized carbons (Fsp3) is 0.947. The van der Waals surface area contributed by atoms with Gasteiger partial charge in [-0.25, -0.2) is 0 Å².